The summed E-state index contributed by atoms with van der Waals surface area (Å²) < 4.78 is 42.6. The van der Waals surface area contributed by atoms with Crippen LogP contribution in [0.3, 0.4) is 0 Å². The van der Waals surface area contributed by atoms with Gasteiger partial charge in [-0.25, -0.2) is 17.6 Å². The van der Waals surface area contributed by atoms with Gasteiger partial charge in [0.2, 0.25) is 0 Å². The maximum absolute atomic E-state index is 13.3. The van der Waals surface area contributed by atoms with Crippen molar-refractivity contribution in [1.82, 2.24) is 4.90 Å². The van der Waals surface area contributed by atoms with Gasteiger partial charge in [0, 0.05) is 29.4 Å². The molecule has 1 aliphatic rings. The number of carbonyl (C=O) groups is 2. The molecule has 1 atom stereocenters. The third-order valence-corrected chi connectivity index (χ3v) is 6.31. The van der Waals surface area contributed by atoms with Crippen molar-refractivity contribution in [2.45, 2.75) is 17.4 Å². The highest BCUT2D eigenvalue weighted by Gasteiger charge is 2.29. The normalized spacial score (nSPS) is 16.5. The van der Waals surface area contributed by atoms with Gasteiger partial charge in [-0.15, -0.1) is 0 Å². The highest BCUT2D eigenvalue weighted by atomic mass is 79.9. The Balaban J connectivity index is 1.93. The lowest BCUT2D eigenvalue weighted by atomic mass is 9.97. The molecule has 2 aromatic rings. The molecule has 158 valence electrons. The van der Waals surface area contributed by atoms with Crippen LogP contribution in [0.4, 0.5) is 14.9 Å². The number of anilines is 1. The molecule has 0 saturated heterocycles. The number of sulfone groups is 1. The van der Waals surface area contributed by atoms with Crippen LogP contribution in [-0.2, 0) is 14.6 Å². The fraction of sp³-hybridized carbons (Fsp3) is 0.200. The van der Waals surface area contributed by atoms with Gasteiger partial charge in [-0.1, -0.05) is 12.1 Å². The summed E-state index contributed by atoms with van der Waals surface area (Å²) in [6.07, 6.45) is 3.76. The topological polar surface area (TPSA) is 92.8 Å². The van der Waals surface area contributed by atoms with Crippen LogP contribution < -0.4 is 10.1 Å². The first-order valence-electron chi connectivity index (χ1n) is 8.73. The van der Waals surface area contributed by atoms with Gasteiger partial charge in [-0.2, -0.15) is 0 Å². The number of hydrogen-bond donors (Lipinski definition) is 1. The Morgan fingerprint density at radius 1 is 1.27 bits per heavy atom. The van der Waals surface area contributed by atoms with Crippen LogP contribution >= 0.6 is 15.9 Å². The van der Waals surface area contributed by atoms with Gasteiger partial charge in [0.25, 0.3) is 0 Å². The summed E-state index contributed by atoms with van der Waals surface area (Å²) in [5, 5.41) is 2.69. The molecule has 1 heterocycles. The number of nitrogens with one attached hydrogen (secondary N) is 1. The molecule has 7 nitrogen and oxygen atoms in total. The number of rotatable bonds is 4. The van der Waals surface area contributed by atoms with Crippen molar-refractivity contribution in [1.29, 1.82) is 0 Å². The largest absolute Gasteiger partial charge is 0.495 e. The van der Waals surface area contributed by atoms with E-state index in [-0.39, 0.29) is 28.5 Å². The van der Waals surface area contributed by atoms with Crippen LogP contribution in [0.25, 0.3) is 0 Å². The molecule has 0 unspecified atom stereocenters. The lowest BCUT2D eigenvalue weighted by Gasteiger charge is -2.31. The quantitative estimate of drug-likeness (QED) is 0.688. The van der Waals surface area contributed by atoms with Crippen molar-refractivity contribution in [2.24, 2.45) is 0 Å². The van der Waals surface area contributed by atoms with Gasteiger partial charge < -0.3 is 10.1 Å². The third-order valence-electron chi connectivity index (χ3n) is 4.54. The van der Waals surface area contributed by atoms with E-state index in [9.17, 15) is 22.4 Å². The Bertz CT molecular complexity index is 1130. The Hall–Kier alpha value is -2.72. The Kier molecular flexibility index (Phi) is 6.27. The Morgan fingerprint density at radius 2 is 1.93 bits per heavy atom. The zero-order valence-electron chi connectivity index (χ0n) is 16.1. The summed E-state index contributed by atoms with van der Waals surface area (Å²) in [7, 11) is -2.22. The lowest BCUT2D eigenvalue weighted by molar-refractivity contribution is -0.116. The van der Waals surface area contributed by atoms with Gasteiger partial charge in [0.15, 0.2) is 15.6 Å². The zero-order valence-corrected chi connectivity index (χ0v) is 18.5. The molecule has 0 aliphatic carbocycles. The number of ether oxygens (including phenoxy) is 1. The van der Waals surface area contributed by atoms with Crippen molar-refractivity contribution < 1.29 is 27.1 Å². The monoisotopic (exact) mass is 496 g/mol. The molecule has 0 radical (unpaired) electrons. The molecular weight excluding hydrogens is 479 g/mol. The molecule has 3 rings (SSSR count). The maximum atomic E-state index is 13.3. The molecule has 0 fully saturated rings. The smallest absolute Gasteiger partial charge is 0.326 e. The second-order valence-electron chi connectivity index (χ2n) is 6.65. The number of benzene rings is 2. The maximum Gasteiger partial charge on any atom is 0.326 e. The van der Waals surface area contributed by atoms with E-state index >= 15 is 0 Å². The Labute approximate surface area is 181 Å². The average molecular weight is 497 g/mol. The van der Waals surface area contributed by atoms with Crippen LogP contribution in [0, 0.1) is 5.82 Å². The fourth-order valence-electron chi connectivity index (χ4n) is 3.06. The minimum atomic E-state index is -3.55. The van der Waals surface area contributed by atoms with E-state index in [4.69, 9.17) is 4.74 Å². The summed E-state index contributed by atoms with van der Waals surface area (Å²) in [5.74, 6) is -0.501. The summed E-state index contributed by atoms with van der Waals surface area (Å²) in [6.45, 7) is 0. The first kappa shape index (κ1) is 22.0. The first-order chi connectivity index (χ1) is 14.1. The number of urea groups is 1. The molecule has 30 heavy (non-hydrogen) atoms. The van der Waals surface area contributed by atoms with Gasteiger partial charge in [-0.05, 0) is 45.8 Å². The standard InChI is InChI=1S/C20H18BrFN2O5S/c1-29-18-11-16(15(21)10-19(18)30(2,27)28)23-20(26)24-8-7-14(25)9-17(24)12-3-5-13(22)6-4-12/h3-8,10-11,17H,9H2,1-2H3,(H,23,26)/t17-/m0/s1. The van der Waals surface area contributed by atoms with E-state index in [0.717, 1.165) is 6.26 Å². The van der Waals surface area contributed by atoms with E-state index < -0.39 is 27.7 Å². The summed E-state index contributed by atoms with van der Waals surface area (Å²) in [4.78, 5) is 26.2. The van der Waals surface area contributed by atoms with Gasteiger partial charge in [0.1, 0.15) is 16.5 Å². The Morgan fingerprint density at radius 3 is 2.53 bits per heavy atom. The fourth-order valence-corrected chi connectivity index (χ4v) is 4.49. The number of carbonyl (C=O) groups excluding carboxylic acids is 2. The van der Waals surface area contributed by atoms with Crippen molar-refractivity contribution in [3.63, 3.8) is 0 Å². The molecule has 0 saturated carbocycles. The molecule has 1 N–H and O–H groups in total. The van der Waals surface area contributed by atoms with E-state index in [1.165, 1.54) is 60.7 Å². The second-order valence-corrected chi connectivity index (χ2v) is 9.48. The second kappa shape index (κ2) is 8.57. The van der Waals surface area contributed by atoms with E-state index in [1.807, 2.05) is 0 Å². The van der Waals surface area contributed by atoms with Crippen LogP contribution in [0.1, 0.15) is 18.0 Å². The van der Waals surface area contributed by atoms with Crippen molar-refractivity contribution in [3.8, 4) is 5.75 Å². The van der Waals surface area contributed by atoms with Gasteiger partial charge in [0.05, 0.1) is 18.8 Å². The van der Waals surface area contributed by atoms with Gasteiger partial charge in [-0.3, -0.25) is 9.69 Å². The van der Waals surface area contributed by atoms with Crippen LogP contribution in [0.15, 0.2) is 58.0 Å². The van der Waals surface area contributed by atoms with Crippen LogP contribution in [0.5, 0.6) is 5.75 Å². The van der Waals surface area contributed by atoms with Gasteiger partial charge >= 0.3 is 6.03 Å². The molecule has 0 spiro atoms. The average Bonchev–Trinajstić information content (AvgIpc) is 2.68. The predicted octanol–water partition coefficient (Wildman–Crippen LogP) is 4.06. The van der Waals surface area contributed by atoms with E-state index in [1.54, 1.807) is 0 Å². The molecule has 2 aromatic carbocycles. The summed E-state index contributed by atoms with van der Waals surface area (Å²) in [5.41, 5.74) is 0.890. The highest BCUT2D eigenvalue weighted by Crippen LogP contribution is 2.35. The summed E-state index contributed by atoms with van der Waals surface area (Å²) >= 11 is 3.27. The number of allylic oxidation sites excluding steroid dienone is 1. The van der Waals surface area contributed by atoms with E-state index in [0.29, 0.717) is 10.0 Å². The molecule has 10 heteroatoms. The molecule has 0 bridgehead atoms. The first-order valence-corrected chi connectivity index (χ1v) is 11.4. The highest BCUT2D eigenvalue weighted by molar-refractivity contribution is 9.10. The minimum absolute atomic E-state index is 0.0254. The van der Waals surface area contributed by atoms with Crippen LogP contribution in [0.2, 0.25) is 0 Å². The van der Waals surface area contributed by atoms with E-state index in [2.05, 4.69) is 21.2 Å². The number of amides is 2. The number of hydrogen-bond acceptors (Lipinski definition) is 5. The molecule has 1 aliphatic heterocycles. The number of methoxy groups -OCH3 is 1. The number of ketones is 1. The minimum Gasteiger partial charge on any atom is -0.495 e. The molecule has 0 aromatic heterocycles. The molecule has 2 amide bonds. The number of halogens is 2. The van der Waals surface area contributed by atoms with Crippen LogP contribution in [-0.4, -0.2) is 38.5 Å². The lowest BCUT2D eigenvalue weighted by Crippen LogP contribution is -2.37. The molecular formula is C20H18BrFN2O5S. The van der Waals surface area contributed by atoms with Crippen molar-refractivity contribution >= 4 is 43.3 Å². The zero-order chi connectivity index (χ0) is 22.1. The summed E-state index contributed by atoms with van der Waals surface area (Å²) in [6, 6.07) is 7.14. The predicted molar refractivity (Wildman–Crippen MR) is 113 cm³/mol. The number of nitrogens with zero attached hydrogens (tertiary/aromatic N) is 1. The van der Waals surface area contributed by atoms with Crippen molar-refractivity contribution in [2.75, 3.05) is 18.7 Å². The SMILES string of the molecule is COc1cc(NC(=O)N2C=CC(=O)C[C@H]2c2ccc(F)cc2)c(Br)cc1S(C)(=O)=O. The third kappa shape index (κ3) is 4.71. The van der Waals surface area contributed by atoms with Crippen molar-refractivity contribution in [3.05, 3.63) is 64.5 Å².